The zero-order valence-corrected chi connectivity index (χ0v) is 15.8. The zero-order chi connectivity index (χ0) is 24.0. The maximum atomic E-state index is 12.4. The van der Waals surface area contributed by atoms with Gasteiger partial charge in [-0.3, -0.25) is 0 Å². The minimum atomic E-state index is -6.20. The second kappa shape index (κ2) is 10.1. The number of carbonyl (C=O) groups excluding carboxylic acids is 3. The number of ether oxygens (including phenoxy) is 1. The first-order valence-corrected chi connectivity index (χ1v) is 9.36. The molecule has 0 aliphatic carbocycles. The van der Waals surface area contributed by atoms with Crippen LogP contribution in [0.4, 0.5) is 39.5 Å². The molecule has 0 aromatic heterocycles. The Hall–Kier alpha value is -2.30. The van der Waals surface area contributed by atoms with E-state index in [9.17, 15) is 53.9 Å². The Bertz CT molecular complexity index is 585. The van der Waals surface area contributed by atoms with Gasteiger partial charge in [-0.1, -0.05) is 12.2 Å². The quantitative estimate of drug-likeness (QED) is 0.217. The molecule has 0 saturated heterocycles. The van der Waals surface area contributed by atoms with Crippen molar-refractivity contribution >= 4 is 26.7 Å². The van der Waals surface area contributed by atoms with Gasteiger partial charge in [-0.05, 0) is 13.3 Å². The summed E-state index contributed by atoms with van der Waals surface area (Å²) >= 11 is 0. The summed E-state index contributed by atoms with van der Waals surface area (Å²) < 4.78 is 128. The summed E-state index contributed by atoms with van der Waals surface area (Å²) in [7, 11) is -6.20. The van der Waals surface area contributed by atoms with Crippen LogP contribution in [0.15, 0.2) is 12.2 Å². The molecule has 0 atom stereocenters. The lowest BCUT2D eigenvalue weighted by molar-refractivity contribution is -0.209. The van der Waals surface area contributed by atoms with Gasteiger partial charge in [-0.2, -0.15) is 39.5 Å². The molecule has 0 saturated carbocycles. The maximum Gasteiger partial charge on any atom is 0.705 e. The van der Waals surface area contributed by atoms with Crippen molar-refractivity contribution in [2.75, 3.05) is 13.2 Å². The van der Waals surface area contributed by atoms with E-state index in [2.05, 4.69) is 19.9 Å². The molecule has 0 aromatic rings. The Morgan fingerprint density at radius 3 is 1.37 bits per heavy atom. The molecule has 0 radical (unpaired) electrons. The first-order chi connectivity index (χ1) is 13.3. The first-order valence-electron chi connectivity index (χ1n) is 7.43. The highest BCUT2D eigenvalue weighted by Gasteiger charge is 2.62. The fraction of sp³-hybridized carbons (Fsp3) is 0.615. The second-order valence-electron chi connectivity index (χ2n) is 5.46. The summed E-state index contributed by atoms with van der Waals surface area (Å²) in [6.07, 6.45) is -18.5. The van der Waals surface area contributed by atoms with Gasteiger partial charge in [-0.15, -0.1) is 0 Å². The number of alkyl halides is 9. The molecule has 30 heavy (non-hydrogen) atoms. The van der Waals surface area contributed by atoms with Crippen LogP contribution >= 0.6 is 0 Å². The largest absolute Gasteiger partial charge is 0.705 e. The molecule has 0 rings (SSSR count). The Morgan fingerprint density at radius 1 is 0.767 bits per heavy atom. The molecule has 0 heterocycles. The number of rotatable bonds is 9. The average Bonchev–Trinajstić information content (AvgIpc) is 2.51. The lowest BCUT2D eigenvalue weighted by Crippen LogP contribution is -2.55. The van der Waals surface area contributed by atoms with E-state index in [1.54, 1.807) is 0 Å². The lowest BCUT2D eigenvalue weighted by Gasteiger charge is -2.28. The van der Waals surface area contributed by atoms with Crippen LogP contribution in [0.3, 0.4) is 0 Å². The number of halogens is 9. The molecule has 0 spiro atoms. The summed E-state index contributed by atoms with van der Waals surface area (Å²) in [5.74, 6) is -9.99. The fourth-order valence-corrected chi connectivity index (χ4v) is 3.65. The molecular weight excluding hydrogens is 467 g/mol. The standard InChI is InChI=1S/C13H13F9O7Si/c1-7(2)6-26-4-3-5-30(27-8(23)11(14,15)16,28-9(24)12(17,18)19)29-10(25)13(20,21)22/h1,3-6H2,2H3. The summed E-state index contributed by atoms with van der Waals surface area (Å²) in [6, 6.07) is -1.42. The molecule has 0 fully saturated rings. The van der Waals surface area contributed by atoms with Gasteiger partial charge in [0.2, 0.25) is 0 Å². The van der Waals surface area contributed by atoms with Crippen LogP contribution in [-0.2, 0) is 32.4 Å². The third-order valence-electron chi connectivity index (χ3n) is 2.56. The predicted octanol–water partition coefficient (Wildman–Crippen LogP) is 3.22. The van der Waals surface area contributed by atoms with Gasteiger partial charge in [0.1, 0.15) is 0 Å². The summed E-state index contributed by atoms with van der Waals surface area (Å²) in [5, 5.41) is 0. The van der Waals surface area contributed by atoms with E-state index >= 15 is 0 Å². The molecule has 0 aliphatic heterocycles. The van der Waals surface area contributed by atoms with E-state index in [1.807, 2.05) is 0 Å². The van der Waals surface area contributed by atoms with Crippen molar-refractivity contribution in [2.45, 2.75) is 37.9 Å². The highest BCUT2D eigenvalue weighted by molar-refractivity contribution is 6.65. The average molecular weight is 480 g/mol. The van der Waals surface area contributed by atoms with E-state index in [1.165, 1.54) is 6.92 Å². The van der Waals surface area contributed by atoms with E-state index in [4.69, 9.17) is 4.74 Å². The summed E-state index contributed by atoms with van der Waals surface area (Å²) in [4.78, 5) is 33.1. The van der Waals surface area contributed by atoms with Crippen LogP contribution in [0.1, 0.15) is 13.3 Å². The predicted molar refractivity (Wildman–Crippen MR) is 77.3 cm³/mol. The molecule has 0 aliphatic rings. The fourth-order valence-electron chi connectivity index (χ4n) is 1.45. The van der Waals surface area contributed by atoms with Crippen molar-refractivity contribution in [3.63, 3.8) is 0 Å². The van der Waals surface area contributed by atoms with Gasteiger partial charge in [0.25, 0.3) is 0 Å². The van der Waals surface area contributed by atoms with Crippen LogP contribution < -0.4 is 0 Å². The first kappa shape index (κ1) is 27.7. The van der Waals surface area contributed by atoms with Crippen molar-refractivity contribution in [2.24, 2.45) is 0 Å². The van der Waals surface area contributed by atoms with Crippen LogP contribution in [0.5, 0.6) is 0 Å². The Kier molecular flexibility index (Phi) is 9.36. The van der Waals surface area contributed by atoms with Gasteiger partial charge >= 0.3 is 45.2 Å². The molecule has 0 bridgehead atoms. The van der Waals surface area contributed by atoms with E-state index in [-0.39, 0.29) is 6.61 Å². The maximum absolute atomic E-state index is 12.4. The molecule has 0 unspecified atom stereocenters. The normalized spacial score (nSPS) is 12.9. The monoisotopic (exact) mass is 480 g/mol. The second-order valence-corrected chi connectivity index (χ2v) is 7.94. The summed E-state index contributed by atoms with van der Waals surface area (Å²) in [6.45, 7) is 4.19. The van der Waals surface area contributed by atoms with Crippen molar-refractivity contribution in [3.8, 4) is 0 Å². The molecule has 17 heteroatoms. The molecular formula is C13H13F9O7Si. The Morgan fingerprint density at radius 2 is 1.10 bits per heavy atom. The third-order valence-corrected chi connectivity index (χ3v) is 5.01. The molecule has 7 nitrogen and oxygen atoms in total. The van der Waals surface area contributed by atoms with Crippen LogP contribution in [0.2, 0.25) is 6.04 Å². The topological polar surface area (TPSA) is 88.1 Å². The minimum Gasteiger partial charge on any atom is -0.448 e. The highest BCUT2D eigenvalue weighted by atomic mass is 28.4. The van der Waals surface area contributed by atoms with Crippen molar-refractivity contribution in [1.82, 2.24) is 0 Å². The van der Waals surface area contributed by atoms with Crippen molar-refractivity contribution in [1.29, 1.82) is 0 Å². The van der Waals surface area contributed by atoms with Gasteiger partial charge in [0, 0.05) is 6.61 Å². The highest BCUT2D eigenvalue weighted by Crippen LogP contribution is 2.30. The Balaban J connectivity index is 5.90. The number of hydrogen-bond donors (Lipinski definition) is 0. The minimum absolute atomic E-state index is 0.151. The van der Waals surface area contributed by atoms with E-state index < -0.39 is 64.3 Å². The molecule has 0 N–H and O–H groups in total. The van der Waals surface area contributed by atoms with Crippen LogP contribution in [0, 0.1) is 0 Å². The number of carbonyl (C=O) groups is 3. The third kappa shape index (κ3) is 9.95. The van der Waals surface area contributed by atoms with E-state index in [0.29, 0.717) is 5.57 Å². The summed E-state index contributed by atoms with van der Waals surface area (Å²) in [5.41, 5.74) is 0.425. The zero-order valence-electron chi connectivity index (χ0n) is 14.8. The molecule has 174 valence electrons. The number of hydrogen-bond acceptors (Lipinski definition) is 7. The van der Waals surface area contributed by atoms with E-state index in [0.717, 1.165) is 0 Å². The van der Waals surface area contributed by atoms with Gasteiger partial charge in [-0.25, -0.2) is 14.4 Å². The molecule has 0 aromatic carbocycles. The smallest absolute Gasteiger partial charge is 0.448 e. The van der Waals surface area contributed by atoms with Crippen LogP contribution in [-0.4, -0.2) is 58.5 Å². The van der Waals surface area contributed by atoms with Gasteiger partial charge in [0.15, 0.2) is 0 Å². The Labute approximate surface area is 163 Å². The van der Waals surface area contributed by atoms with Gasteiger partial charge < -0.3 is 18.0 Å². The van der Waals surface area contributed by atoms with Gasteiger partial charge in [0.05, 0.1) is 12.7 Å². The molecule has 0 amide bonds. The van der Waals surface area contributed by atoms with Crippen LogP contribution in [0.25, 0.3) is 0 Å². The SMILES string of the molecule is C=C(C)COCCC[Si](OC(=O)C(F)(F)F)(OC(=O)C(F)(F)F)OC(=O)C(F)(F)F. The van der Waals surface area contributed by atoms with Crippen molar-refractivity contribution in [3.05, 3.63) is 12.2 Å². The van der Waals surface area contributed by atoms with Crippen molar-refractivity contribution < 1.29 is 71.9 Å². The lowest BCUT2D eigenvalue weighted by atomic mass is 10.4.